The van der Waals surface area contributed by atoms with Gasteiger partial charge in [0.05, 0.1) is 5.48 Å². The van der Waals surface area contributed by atoms with Crippen LogP contribution in [-0.2, 0) is 4.43 Å². The SMILES string of the molecule is CC1CC1C(O[Si](C)(C)C)=P[Si](C)(C)C. The van der Waals surface area contributed by atoms with Gasteiger partial charge in [0.15, 0.2) is 8.32 Å². The molecule has 0 spiro atoms. The molecule has 2 atom stereocenters. The summed E-state index contributed by atoms with van der Waals surface area (Å²) in [5.74, 6) is 1.66. The third-order valence-corrected chi connectivity index (χ3v) is 7.27. The molecule has 2 unspecified atom stereocenters. The molecule has 0 aliphatic heterocycles. The third kappa shape index (κ3) is 5.44. The monoisotopic (exact) mass is 260 g/mol. The first kappa shape index (κ1) is 13.6. The van der Waals surface area contributed by atoms with E-state index in [0.29, 0.717) is 0 Å². The Morgan fingerprint density at radius 2 is 1.60 bits per heavy atom. The van der Waals surface area contributed by atoms with Gasteiger partial charge in [0.25, 0.3) is 0 Å². The highest BCUT2D eigenvalue weighted by molar-refractivity contribution is 7.81. The van der Waals surface area contributed by atoms with E-state index >= 15 is 0 Å². The summed E-state index contributed by atoms with van der Waals surface area (Å²) < 4.78 is 6.29. The standard InChI is InChI=1S/C11H25OPSi2/c1-9-8-10(9)11(12-14(2,3)4)13-15(5,6)7/h9-10H,8H2,1-7H3. The molecule has 1 aliphatic rings. The van der Waals surface area contributed by atoms with Crippen LogP contribution < -0.4 is 0 Å². The van der Waals surface area contributed by atoms with Crippen molar-refractivity contribution in [2.24, 2.45) is 11.8 Å². The highest BCUT2D eigenvalue weighted by Gasteiger charge is 2.39. The van der Waals surface area contributed by atoms with Gasteiger partial charge in [-0.15, -0.1) is 0 Å². The summed E-state index contributed by atoms with van der Waals surface area (Å²) in [5.41, 5.74) is 1.43. The Hall–Kier alpha value is 0.564. The summed E-state index contributed by atoms with van der Waals surface area (Å²) in [6, 6.07) is 0. The highest BCUT2D eigenvalue weighted by Crippen LogP contribution is 2.43. The zero-order valence-corrected chi connectivity index (χ0v) is 14.1. The first-order valence-corrected chi connectivity index (χ1v) is 14.5. The fraction of sp³-hybridized carbons (Fsp3) is 0.909. The summed E-state index contributed by atoms with van der Waals surface area (Å²) in [6.45, 7) is 16.5. The van der Waals surface area contributed by atoms with Crippen LogP contribution >= 0.6 is 7.75 Å². The predicted octanol–water partition coefficient (Wildman–Crippen LogP) is 4.40. The van der Waals surface area contributed by atoms with Gasteiger partial charge in [-0.2, -0.15) is 0 Å². The average molecular weight is 260 g/mol. The van der Waals surface area contributed by atoms with Gasteiger partial charge in [0.1, 0.15) is 7.74 Å². The van der Waals surface area contributed by atoms with Crippen LogP contribution in [0.15, 0.2) is 0 Å². The van der Waals surface area contributed by atoms with Crippen LogP contribution in [0, 0.1) is 11.8 Å². The molecule has 1 rings (SSSR count). The molecule has 0 aromatic carbocycles. The van der Waals surface area contributed by atoms with Crippen LogP contribution in [0.2, 0.25) is 39.3 Å². The highest BCUT2D eigenvalue weighted by atomic mass is 31.3. The second-order valence-electron chi connectivity index (χ2n) is 6.65. The minimum absolute atomic E-state index is 0.783. The van der Waals surface area contributed by atoms with Gasteiger partial charge in [-0.25, -0.2) is 0 Å². The Bertz CT molecular complexity index is 263. The molecule has 4 heteroatoms. The zero-order chi connectivity index (χ0) is 11.9. The average Bonchev–Trinajstić information content (AvgIpc) is 2.58. The molecule has 0 N–H and O–H groups in total. The minimum Gasteiger partial charge on any atom is -0.385 e. The quantitative estimate of drug-likeness (QED) is 0.537. The van der Waals surface area contributed by atoms with E-state index in [1.54, 1.807) is 0 Å². The smallest absolute Gasteiger partial charge is 0.191 e. The molecule has 1 saturated carbocycles. The lowest BCUT2D eigenvalue weighted by Gasteiger charge is -2.22. The summed E-state index contributed by atoms with van der Waals surface area (Å²) in [5, 5.41) is 0. The predicted molar refractivity (Wildman–Crippen MR) is 77.0 cm³/mol. The largest absolute Gasteiger partial charge is 0.385 e. The van der Waals surface area contributed by atoms with E-state index in [1.807, 2.05) is 0 Å². The lowest BCUT2D eigenvalue weighted by Crippen LogP contribution is -2.30. The molecule has 0 aromatic heterocycles. The summed E-state index contributed by atoms with van der Waals surface area (Å²) in [4.78, 5) is 0. The second kappa shape index (κ2) is 4.44. The molecule has 1 aliphatic carbocycles. The molecule has 88 valence electrons. The van der Waals surface area contributed by atoms with Crippen molar-refractivity contribution in [2.75, 3.05) is 0 Å². The summed E-state index contributed by atoms with van der Waals surface area (Å²) >= 11 is 0. The summed E-state index contributed by atoms with van der Waals surface area (Å²) in [7, 11) is -0.897. The Morgan fingerprint density at radius 3 is 1.87 bits per heavy atom. The molecule has 0 heterocycles. The van der Waals surface area contributed by atoms with Crippen molar-refractivity contribution in [1.29, 1.82) is 0 Å². The van der Waals surface area contributed by atoms with Crippen molar-refractivity contribution in [1.82, 2.24) is 0 Å². The lowest BCUT2D eigenvalue weighted by molar-refractivity contribution is 0.538. The van der Waals surface area contributed by atoms with E-state index < -0.39 is 16.1 Å². The Morgan fingerprint density at radius 1 is 1.13 bits per heavy atom. The zero-order valence-electron chi connectivity index (χ0n) is 11.2. The first-order chi connectivity index (χ1) is 6.58. The van der Waals surface area contributed by atoms with Crippen molar-refractivity contribution < 1.29 is 4.43 Å². The van der Waals surface area contributed by atoms with Gasteiger partial charge in [0.2, 0.25) is 0 Å². The van der Waals surface area contributed by atoms with Crippen LogP contribution in [0.4, 0.5) is 0 Å². The molecule has 15 heavy (non-hydrogen) atoms. The number of hydrogen-bond donors (Lipinski definition) is 0. The molecule has 0 bridgehead atoms. The molecular formula is C11H25OPSi2. The maximum Gasteiger partial charge on any atom is 0.191 e. The normalized spacial score (nSPS) is 28.1. The van der Waals surface area contributed by atoms with Crippen LogP contribution in [0.1, 0.15) is 13.3 Å². The molecule has 0 aromatic rings. The Kier molecular flexibility index (Phi) is 4.03. The van der Waals surface area contributed by atoms with E-state index in [0.717, 1.165) is 11.8 Å². The fourth-order valence-electron chi connectivity index (χ4n) is 1.49. The Labute approximate surface area is 98.4 Å². The fourth-order valence-corrected chi connectivity index (χ4v) is 7.35. The van der Waals surface area contributed by atoms with Crippen molar-refractivity contribution in [2.45, 2.75) is 52.6 Å². The van der Waals surface area contributed by atoms with Crippen LogP contribution in [0.5, 0.6) is 0 Å². The van der Waals surface area contributed by atoms with Gasteiger partial charge < -0.3 is 4.43 Å². The second-order valence-corrected chi connectivity index (χ2v) is 20.8. The van der Waals surface area contributed by atoms with Crippen LogP contribution in [0.3, 0.4) is 0 Å². The lowest BCUT2D eigenvalue weighted by atomic mass is 10.4. The first-order valence-electron chi connectivity index (χ1n) is 5.87. The van der Waals surface area contributed by atoms with Gasteiger partial charge in [-0.05, 0) is 32.0 Å². The van der Waals surface area contributed by atoms with Crippen molar-refractivity contribution in [3.8, 4) is 0 Å². The van der Waals surface area contributed by atoms with E-state index in [4.69, 9.17) is 4.43 Å². The number of hydrogen-bond acceptors (Lipinski definition) is 1. The van der Waals surface area contributed by atoms with Gasteiger partial charge in [0, 0.05) is 5.92 Å². The maximum atomic E-state index is 6.29. The topological polar surface area (TPSA) is 9.23 Å². The minimum atomic E-state index is -1.39. The van der Waals surface area contributed by atoms with E-state index in [9.17, 15) is 0 Å². The van der Waals surface area contributed by atoms with Crippen molar-refractivity contribution >= 4 is 29.3 Å². The molecule has 0 radical (unpaired) electrons. The molecule has 0 amide bonds. The molecule has 0 saturated heterocycles. The van der Waals surface area contributed by atoms with Crippen LogP contribution in [0.25, 0.3) is 0 Å². The maximum absolute atomic E-state index is 6.29. The number of rotatable bonds is 4. The summed E-state index contributed by atoms with van der Waals surface area (Å²) in [6.07, 6.45) is 1.36. The van der Waals surface area contributed by atoms with Crippen molar-refractivity contribution in [3.63, 3.8) is 0 Å². The van der Waals surface area contributed by atoms with E-state index in [-0.39, 0.29) is 0 Å². The van der Waals surface area contributed by atoms with E-state index in [2.05, 4.69) is 46.2 Å². The van der Waals surface area contributed by atoms with Gasteiger partial charge in [-0.3, -0.25) is 0 Å². The molecule has 1 fully saturated rings. The van der Waals surface area contributed by atoms with Gasteiger partial charge >= 0.3 is 0 Å². The molecular weight excluding hydrogens is 235 g/mol. The van der Waals surface area contributed by atoms with Gasteiger partial charge in [-0.1, -0.05) is 34.3 Å². The van der Waals surface area contributed by atoms with E-state index in [1.165, 1.54) is 19.7 Å². The van der Waals surface area contributed by atoms with Crippen LogP contribution in [-0.4, -0.2) is 21.5 Å². The third-order valence-electron chi connectivity index (χ3n) is 2.28. The van der Waals surface area contributed by atoms with Crippen molar-refractivity contribution in [3.05, 3.63) is 0 Å². The molecule has 1 nitrogen and oxygen atoms in total. The Balaban J connectivity index is 2.76.